The van der Waals surface area contributed by atoms with E-state index in [1.807, 2.05) is 51.1 Å². The Balaban J connectivity index is 1.49. The first kappa shape index (κ1) is 19.6. The summed E-state index contributed by atoms with van der Waals surface area (Å²) < 4.78 is 1.80. The maximum absolute atomic E-state index is 12.4. The average molecular weight is 403 g/mol. The van der Waals surface area contributed by atoms with Gasteiger partial charge in [0.15, 0.2) is 0 Å². The van der Waals surface area contributed by atoms with Crippen LogP contribution in [0.4, 0.5) is 0 Å². The van der Waals surface area contributed by atoms with Gasteiger partial charge < -0.3 is 5.32 Å². The Morgan fingerprint density at radius 3 is 2.70 bits per heavy atom. The topological polar surface area (TPSA) is 59.8 Å². The minimum atomic E-state index is -0.185. The van der Waals surface area contributed by atoms with Crippen LogP contribution in [0.15, 0.2) is 35.7 Å². The Morgan fingerprint density at radius 2 is 2.04 bits per heavy atom. The standard InChI is InChI=1S/C20H23ClN4OS/c1-13(11-25-15(3)19(21)14(2)24-25)20(26)22-10-9-18-23-17(12-27-18)16-7-5-4-6-8-16/h4-8,12-13H,9-11H2,1-3H3,(H,22,26). The number of aryl methyl sites for hydroxylation is 1. The van der Waals surface area contributed by atoms with E-state index in [4.69, 9.17) is 11.6 Å². The summed E-state index contributed by atoms with van der Waals surface area (Å²) in [6.45, 7) is 6.77. The molecule has 3 rings (SSSR count). The molecule has 1 atom stereocenters. The Hall–Kier alpha value is -2.18. The summed E-state index contributed by atoms with van der Waals surface area (Å²) in [6.07, 6.45) is 0.724. The van der Waals surface area contributed by atoms with Crippen molar-refractivity contribution in [3.63, 3.8) is 0 Å². The lowest BCUT2D eigenvalue weighted by molar-refractivity contribution is -0.124. The largest absolute Gasteiger partial charge is 0.355 e. The highest BCUT2D eigenvalue weighted by molar-refractivity contribution is 7.09. The second-order valence-corrected chi connectivity index (χ2v) is 7.92. The highest BCUT2D eigenvalue weighted by atomic mass is 35.5. The molecule has 7 heteroatoms. The fourth-order valence-electron chi connectivity index (χ4n) is 2.83. The van der Waals surface area contributed by atoms with Crippen LogP contribution < -0.4 is 5.32 Å². The first-order valence-electron chi connectivity index (χ1n) is 8.92. The number of rotatable bonds is 7. The molecule has 0 bridgehead atoms. The first-order chi connectivity index (χ1) is 13.0. The number of hydrogen-bond acceptors (Lipinski definition) is 4. The molecule has 142 valence electrons. The molecule has 0 spiro atoms. The van der Waals surface area contributed by atoms with E-state index in [0.29, 0.717) is 18.1 Å². The molecule has 1 amide bonds. The van der Waals surface area contributed by atoms with Crippen LogP contribution in [0.2, 0.25) is 5.02 Å². The molecular weight excluding hydrogens is 380 g/mol. The van der Waals surface area contributed by atoms with Crippen molar-refractivity contribution in [2.24, 2.45) is 5.92 Å². The summed E-state index contributed by atoms with van der Waals surface area (Å²) in [5, 5.41) is 11.1. The average Bonchev–Trinajstić information content (AvgIpc) is 3.23. The molecule has 0 saturated heterocycles. The zero-order valence-corrected chi connectivity index (χ0v) is 17.3. The van der Waals surface area contributed by atoms with Crippen molar-refractivity contribution >= 4 is 28.8 Å². The molecule has 0 saturated carbocycles. The third-order valence-corrected chi connectivity index (χ3v) is 5.90. The second-order valence-electron chi connectivity index (χ2n) is 6.60. The van der Waals surface area contributed by atoms with E-state index in [9.17, 15) is 4.79 Å². The van der Waals surface area contributed by atoms with Crippen molar-refractivity contribution < 1.29 is 4.79 Å². The summed E-state index contributed by atoms with van der Waals surface area (Å²) in [4.78, 5) is 17.0. The van der Waals surface area contributed by atoms with Crippen LogP contribution in [0.25, 0.3) is 11.3 Å². The van der Waals surface area contributed by atoms with Gasteiger partial charge >= 0.3 is 0 Å². The van der Waals surface area contributed by atoms with Crippen LogP contribution in [0, 0.1) is 19.8 Å². The third-order valence-electron chi connectivity index (χ3n) is 4.45. The molecule has 3 aromatic rings. The lowest BCUT2D eigenvalue weighted by atomic mass is 10.1. The molecule has 27 heavy (non-hydrogen) atoms. The third kappa shape index (κ3) is 4.76. The predicted octanol–water partition coefficient (Wildman–Crippen LogP) is 4.27. The quantitative estimate of drug-likeness (QED) is 0.641. The number of aromatic nitrogens is 3. The van der Waals surface area contributed by atoms with Crippen LogP contribution >= 0.6 is 22.9 Å². The predicted molar refractivity (Wildman–Crippen MR) is 110 cm³/mol. The summed E-state index contributed by atoms with van der Waals surface area (Å²) in [6, 6.07) is 10.1. The van der Waals surface area contributed by atoms with Crippen molar-refractivity contribution in [2.75, 3.05) is 6.54 Å². The van der Waals surface area contributed by atoms with Crippen molar-refractivity contribution in [3.05, 3.63) is 57.1 Å². The van der Waals surface area contributed by atoms with Gasteiger partial charge in [-0.1, -0.05) is 48.9 Å². The Labute approximate surface area is 168 Å². The van der Waals surface area contributed by atoms with E-state index >= 15 is 0 Å². The van der Waals surface area contributed by atoms with Crippen molar-refractivity contribution in [2.45, 2.75) is 33.7 Å². The van der Waals surface area contributed by atoms with Gasteiger partial charge in [0.05, 0.1) is 39.6 Å². The number of carbonyl (C=O) groups excluding carboxylic acids is 1. The van der Waals surface area contributed by atoms with E-state index in [1.54, 1.807) is 16.0 Å². The number of carbonyl (C=O) groups is 1. The number of halogens is 1. The Morgan fingerprint density at radius 1 is 1.30 bits per heavy atom. The summed E-state index contributed by atoms with van der Waals surface area (Å²) in [5.41, 5.74) is 3.78. The lowest BCUT2D eigenvalue weighted by Gasteiger charge is -2.13. The van der Waals surface area contributed by atoms with E-state index in [2.05, 4.69) is 20.8 Å². The summed E-state index contributed by atoms with van der Waals surface area (Å²) in [5.74, 6) is -0.172. The van der Waals surface area contributed by atoms with Gasteiger partial charge in [0.25, 0.3) is 0 Å². The summed E-state index contributed by atoms with van der Waals surface area (Å²) >= 11 is 7.79. The zero-order valence-electron chi connectivity index (χ0n) is 15.7. The maximum atomic E-state index is 12.4. The van der Waals surface area contributed by atoms with Gasteiger partial charge in [-0.05, 0) is 13.8 Å². The molecule has 5 nitrogen and oxygen atoms in total. The van der Waals surface area contributed by atoms with Crippen molar-refractivity contribution in [3.8, 4) is 11.3 Å². The van der Waals surface area contributed by atoms with Crippen LogP contribution in [-0.4, -0.2) is 27.2 Å². The molecular formula is C20H23ClN4OS. The molecule has 0 fully saturated rings. The minimum absolute atomic E-state index is 0.0125. The van der Waals surface area contributed by atoms with Crippen LogP contribution in [0.1, 0.15) is 23.3 Å². The SMILES string of the molecule is Cc1nn(CC(C)C(=O)NCCc2nc(-c3ccccc3)cs2)c(C)c1Cl. The van der Waals surface area contributed by atoms with Crippen LogP contribution in [0.5, 0.6) is 0 Å². The molecule has 0 aliphatic rings. The fourth-order valence-corrected chi connectivity index (χ4v) is 3.77. The number of hydrogen-bond donors (Lipinski definition) is 1. The number of nitrogens with zero attached hydrogens (tertiary/aromatic N) is 3. The monoisotopic (exact) mass is 402 g/mol. The van der Waals surface area contributed by atoms with Crippen LogP contribution in [-0.2, 0) is 17.8 Å². The highest BCUT2D eigenvalue weighted by Gasteiger charge is 2.17. The first-order valence-corrected chi connectivity index (χ1v) is 10.2. The molecule has 1 N–H and O–H groups in total. The second kappa shape index (κ2) is 8.67. The van der Waals surface area contributed by atoms with Gasteiger partial charge in [-0.15, -0.1) is 11.3 Å². The van der Waals surface area contributed by atoms with E-state index in [1.165, 1.54) is 0 Å². The van der Waals surface area contributed by atoms with E-state index in [-0.39, 0.29) is 11.8 Å². The number of amides is 1. The Bertz CT molecular complexity index is 919. The molecule has 2 aromatic heterocycles. The molecule has 1 unspecified atom stereocenters. The smallest absolute Gasteiger partial charge is 0.224 e. The van der Waals surface area contributed by atoms with E-state index in [0.717, 1.165) is 34.1 Å². The molecule has 1 aromatic carbocycles. The van der Waals surface area contributed by atoms with Crippen molar-refractivity contribution in [1.82, 2.24) is 20.1 Å². The highest BCUT2D eigenvalue weighted by Crippen LogP contribution is 2.22. The maximum Gasteiger partial charge on any atom is 0.224 e. The van der Waals surface area contributed by atoms with Gasteiger partial charge in [0, 0.05) is 23.9 Å². The Kier molecular flexibility index (Phi) is 6.29. The van der Waals surface area contributed by atoms with Crippen LogP contribution in [0.3, 0.4) is 0 Å². The summed E-state index contributed by atoms with van der Waals surface area (Å²) in [7, 11) is 0. The molecule has 0 aliphatic carbocycles. The normalized spacial score (nSPS) is 12.1. The zero-order chi connectivity index (χ0) is 19.4. The molecule has 0 radical (unpaired) electrons. The van der Waals surface area contributed by atoms with Gasteiger partial charge in [0.1, 0.15) is 0 Å². The number of benzene rings is 1. The lowest BCUT2D eigenvalue weighted by Crippen LogP contribution is -2.33. The number of nitrogens with one attached hydrogen (secondary N) is 1. The van der Waals surface area contributed by atoms with Gasteiger partial charge in [-0.2, -0.15) is 5.10 Å². The van der Waals surface area contributed by atoms with Gasteiger partial charge in [-0.25, -0.2) is 4.98 Å². The van der Waals surface area contributed by atoms with E-state index < -0.39 is 0 Å². The van der Waals surface area contributed by atoms with Crippen molar-refractivity contribution in [1.29, 1.82) is 0 Å². The van der Waals surface area contributed by atoms with Gasteiger partial charge in [0.2, 0.25) is 5.91 Å². The minimum Gasteiger partial charge on any atom is -0.355 e. The number of thiazole rings is 1. The fraction of sp³-hybridized carbons (Fsp3) is 0.350. The van der Waals surface area contributed by atoms with Gasteiger partial charge in [-0.3, -0.25) is 9.48 Å². The molecule has 2 heterocycles. The molecule has 0 aliphatic heterocycles.